The van der Waals surface area contributed by atoms with E-state index in [0.29, 0.717) is 31.2 Å². The van der Waals surface area contributed by atoms with Gasteiger partial charge in [0.05, 0.1) is 5.75 Å². The van der Waals surface area contributed by atoms with Gasteiger partial charge in [-0.25, -0.2) is 0 Å². The molecule has 2 aromatic rings. The number of rotatable bonds is 12. The third kappa shape index (κ3) is 8.23. The fourth-order valence-electron chi connectivity index (χ4n) is 3.23. The van der Waals surface area contributed by atoms with Crippen LogP contribution in [0.3, 0.4) is 0 Å². The second kappa shape index (κ2) is 13.1. The summed E-state index contributed by atoms with van der Waals surface area (Å²) in [6.07, 6.45) is 1.34. The van der Waals surface area contributed by atoms with Crippen LogP contribution in [0.15, 0.2) is 60.7 Å². The fourth-order valence-corrected chi connectivity index (χ4v) is 4.10. The molecule has 0 radical (unpaired) electrons. The highest BCUT2D eigenvalue weighted by molar-refractivity contribution is 7.99. The van der Waals surface area contributed by atoms with Crippen molar-refractivity contribution in [3.05, 3.63) is 71.8 Å². The molecule has 2 rings (SSSR count). The molecule has 0 fully saturated rings. The number of carbonyl (C=O) groups excluding carboxylic acids is 2. The van der Waals surface area contributed by atoms with Gasteiger partial charge in [-0.1, -0.05) is 81.4 Å². The zero-order valence-electron chi connectivity index (χ0n) is 18.3. The lowest BCUT2D eigenvalue weighted by molar-refractivity contribution is -0.138. The average Bonchev–Trinajstić information content (AvgIpc) is 2.76. The van der Waals surface area contributed by atoms with Crippen LogP contribution >= 0.6 is 11.8 Å². The van der Waals surface area contributed by atoms with Crippen molar-refractivity contribution in [2.45, 2.75) is 45.4 Å². The van der Waals surface area contributed by atoms with Gasteiger partial charge in [0.25, 0.3) is 0 Å². The molecule has 0 aliphatic heterocycles. The van der Waals surface area contributed by atoms with E-state index in [1.165, 1.54) is 11.1 Å². The molecule has 0 aliphatic carbocycles. The number of benzene rings is 2. The van der Waals surface area contributed by atoms with Gasteiger partial charge >= 0.3 is 0 Å². The summed E-state index contributed by atoms with van der Waals surface area (Å²) < 4.78 is 0. The van der Waals surface area contributed by atoms with Crippen molar-refractivity contribution >= 4 is 23.6 Å². The van der Waals surface area contributed by atoms with Crippen molar-refractivity contribution in [2.75, 3.05) is 18.8 Å². The Morgan fingerprint density at radius 2 is 1.57 bits per heavy atom. The summed E-state index contributed by atoms with van der Waals surface area (Å²) in [4.78, 5) is 27.7. The Balaban J connectivity index is 2.03. The molecular formula is C25H34N2O2S. The number of amides is 2. The van der Waals surface area contributed by atoms with Crippen molar-refractivity contribution in [3.63, 3.8) is 0 Å². The van der Waals surface area contributed by atoms with E-state index in [4.69, 9.17) is 0 Å². The normalized spacial score (nSPS) is 11.9. The molecule has 0 bridgehead atoms. The maximum atomic E-state index is 13.1. The van der Waals surface area contributed by atoms with Crippen LogP contribution in [0.25, 0.3) is 0 Å². The molecule has 0 spiro atoms. The Labute approximate surface area is 185 Å². The van der Waals surface area contributed by atoms with Gasteiger partial charge in [0.2, 0.25) is 11.8 Å². The predicted octanol–water partition coefficient (Wildman–Crippen LogP) is 4.54. The van der Waals surface area contributed by atoms with Crippen molar-refractivity contribution in [1.29, 1.82) is 0 Å². The van der Waals surface area contributed by atoms with Crippen LogP contribution in [-0.4, -0.2) is 41.6 Å². The van der Waals surface area contributed by atoms with E-state index in [0.717, 1.165) is 12.2 Å². The minimum absolute atomic E-state index is 0.0263. The predicted molar refractivity (Wildman–Crippen MR) is 126 cm³/mol. The van der Waals surface area contributed by atoms with E-state index < -0.39 is 6.04 Å². The summed E-state index contributed by atoms with van der Waals surface area (Å²) in [5, 5.41) is 3.01. The van der Waals surface area contributed by atoms with Gasteiger partial charge in [-0.15, -0.1) is 11.8 Å². The lowest BCUT2D eigenvalue weighted by atomic mass is 10.1. The molecule has 2 aromatic carbocycles. The third-order valence-electron chi connectivity index (χ3n) is 4.89. The van der Waals surface area contributed by atoms with Crippen molar-refractivity contribution in [3.8, 4) is 0 Å². The van der Waals surface area contributed by atoms with E-state index in [1.54, 1.807) is 16.7 Å². The van der Waals surface area contributed by atoms with Crippen LogP contribution < -0.4 is 5.32 Å². The minimum atomic E-state index is -0.433. The van der Waals surface area contributed by atoms with Crippen LogP contribution in [0.1, 0.15) is 38.3 Å². The molecule has 4 nitrogen and oxygen atoms in total. The maximum absolute atomic E-state index is 13.1. The van der Waals surface area contributed by atoms with E-state index in [-0.39, 0.29) is 11.8 Å². The molecular weight excluding hydrogens is 392 g/mol. The summed E-state index contributed by atoms with van der Waals surface area (Å²) in [6, 6.07) is 19.8. The van der Waals surface area contributed by atoms with Crippen molar-refractivity contribution in [2.24, 2.45) is 5.92 Å². The van der Waals surface area contributed by atoms with Gasteiger partial charge in [-0.05, 0) is 29.9 Å². The number of hydrogen-bond donors (Lipinski definition) is 1. The quantitative estimate of drug-likeness (QED) is 0.542. The largest absolute Gasteiger partial charge is 0.354 e. The summed E-state index contributed by atoms with van der Waals surface area (Å²) in [5.41, 5.74) is 2.37. The Bertz CT molecular complexity index is 765. The molecule has 0 aliphatic rings. The monoisotopic (exact) mass is 426 g/mol. The smallest absolute Gasteiger partial charge is 0.242 e. The molecule has 5 heteroatoms. The maximum Gasteiger partial charge on any atom is 0.242 e. The van der Waals surface area contributed by atoms with Crippen LogP contribution in [-0.2, 0) is 21.8 Å². The molecule has 162 valence electrons. The molecule has 0 heterocycles. The van der Waals surface area contributed by atoms with Crippen molar-refractivity contribution < 1.29 is 9.59 Å². The third-order valence-corrected chi connectivity index (χ3v) is 5.88. The van der Waals surface area contributed by atoms with Crippen molar-refractivity contribution in [1.82, 2.24) is 10.2 Å². The van der Waals surface area contributed by atoms with Gasteiger partial charge < -0.3 is 10.2 Å². The Hall–Kier alpha value is -2.27. The number of thioether (sulfide) groups is 1. The lowest BCUT2D eigenvalue weighted by Crippen LogP contribution is -2.51. The molecule has 0 unspecified atom stereocenters. The van der Waals surface area contributed by atoms with Gasteiger partial charge in [0.15, 0.2) is 0 Å². The van der Waals surface area contributed by atoms with E-state index in [2.05, 4.69) is 43.4 Å². The summed E-state index contributed by atoms with van der Waals surface area (Å²) in [6.45, 7) is 7.28. The van der Waals surface area contributed by atoms with Gasteiger partial charge in [-0.3, -0.25) is 9.59 Å². The van der Waals surface area contributed by atoms with Crippen LogP contribution in [0.5, 0.6) is 0 Å². The van der Waals surface area contributed by atoms with Gasteiger partial charge in [0, 0.05) is 18.8 Å². The SMILES string of the molecule is CC[C@H](C(=O)NCC(C)C)N(CCc1ccccc1)C(=O)CSCc1ccccc1. The Kier molecular flexibility index (Phi) is 10.5. The topological polar surface area (TPSA) is 49.4 Å². The van der Waals surface area contributed by atoms with Gasteiger partial charge in [0.1, 0.15) is 6.04 Å². The summed E-state index contributed by atoms with van der Waals surface area (Å²) in [7, 11) is 0. The van der Waals surface area contributed by atoms with Crippen LogP contribution in [0.2, 0.25) is 0 Å². The first-order valence-electron chi connectivity index (χ1n) is 10.7. The van der Waals surface area contributed by atoms with Gasteiger partial charge in [-0.2, -0.15) is 0 Å². The Morgan fingerprint density at radius 3 is 2.13 bits per heavy atom. The lowest BCUT2D eigenvalue weighted by Gasteiger charge is -2.31. The number of carbonyl (C=O) groups is 2. The number of nitrogens with zero attached hydrogens (tertiary/aromatic N) is 1. The molecule has 1 atom stereocenters. The van der Waals surface area contributed by atoms with E-state index in [1.807, 2.05) is 43.3 Å². The standard InChI is InChI=1S/C25H34N2O2S/c1-4-23(25(29)26-17-20(2)3)27(16-15-21-11-7-5-8-12-21)24(28)19-30-18-22-13-9-6-10-14-22/h5-14,20,23H,4,15-19H2,1-3H3,(H,26,29)/t23-/m1/s1. The first-order chi connectivity index (χ1) is 14.5. The molecule has 0 aromatic heterocycles. The molecule has 1 N–H and O–H groups in total. The zero-order valence-corrected chi connectivity index (χ0v) is 19.2. The second-order valence-corrected chi connectivity index (χ2v) is 8.85. The fraction of sp³-hybridized carbons (Fsp3) is 0.440. The minimum Gasteiger partial charge on any atom is -0.354 e. The number of nitrogens with one attached hydrogen (secondary N) is 1. The molecule has 0 saturated carbocycles. The first kappa shape index (κ1) is 24.0. The second-order valence-electron chi connectivity index (χ2n) is 7.86. The number of hydrogen-bond acceptors (Lipinski definition) is 3. The first-order valence-corrected chi connectivity index (χ1v) is 11.9. The van der Waals surface area contributed by atoms with E-state index >= 15 is 0 Å². The van der Waals surface area contributed by atoms with Crippen LogP contribution in [0.4, 0.5) is 0 Å². The highest BCUT2D eigenvalue weighted by Gasteiger charge is 2.28. The summed E-state index contributed by atoms with van der Waals surface area (Å²) >= 11 is 1.60. The van der Waals surface area contributed by atoms with Crippen LogP contribution in [0, 0.1) is 5.92 Å². The van der Waals surface area contributed by atoms with E-state index in [9.17, 15) is 9.59 Å². The Morgan fingerprint density at radius 1 is 0.967 bits per heavy atom. The average molecular weight is 427 g/mol. The highest BCUT2D eigenvalue weighted by atomic mass is 32.2. The molecule has 0 saturated heterocycles. The summed E-state index contributed by atoms with van der Waals surface area (Å²) in [5.74, 6) is 1.51. The zero-order chi connectivity index (χ0) is 21.8. The highest BCUT2D eigenvalue weighted by Crippen LogP contribution is 2.15. The molecule has 2 amide bonds. The molecule has 30 heavy (non-hydrogen) atoms.